The molecule has 2 aromatic rings. The zero-order chi connectivity index (χ0) is 13.3. The number of nitrogens with zero attached hydrogens (tertiary/aromatic N) is 1. The molecule has 1 heterocycles. The van der Waals surface area contributed by atoms with Crippen LogP contribution in [0.2, 0.25) is 0 Å². The zero-order valence-corrected chi connectivity index (χ0v) is 12.3. The van der Waals surface area contributed by atoms with Crippen LogP contribution in [0, 0.1) is 11.3 Å². The first-order chi connectivity index (χ1) is 8.38. The van der Waals surface area contributed by atoms with Crippen molar-refractivity contribution in [2.24, 2.45) is 11.3 Å². The summed E-state index contributed by atoms with van der Waals surface area (Å²) in [6, 6.07) is 5.84. The van der Waals surface area contributed by atoms with E-state index in [1.54, 1.807) is 11.3 Å². The van der Waals surface area contributed by atoms with Crippen molar-refractivity contribution in [2.75, 3.05) is 17.6 Å². The Hall–Kier alpha value is -1.29. The molecule has 1 aromatic heterocycles. The fourth-order valence-corrected chi connectivity index (χ4v) is 2.43. The number of hydrogen-bond donors (Lipinski definition) is 2. The standard InChI is InChI=1S/C14H21N3S/c1-9(2)14(3,4)8-16-13-17-11-6-5-10(15)7-12(11)18-13/h5-7,9H,8,15H2,1-4H3,(H,16,17). The van der Waals surface area contributed by atoms with Crippen molar-refractivity contribution in [3.05, 3.63) is 18.2 Å². The number of fused-ring (bicyclic) bond motifs is 1. The lowest BCUT2D eigenvalue weighted by Gasteiger charge is -2.29. The Kier molecular flexibility index (Phi) is 3.48. The lowest BCUT2D eigenvalue weighted by molar-refractivity contribution is 0.269. The molecule has 0 spiro atoms. The van der Waals surface area contributed by atoms with Gasteiger partial charge in [0, 0.05) is 12.2 Å². The van der Waals surface area contributed by atoms with E-state index in [1.165, 1.54) is 0 Å². The maximum absolute atomic E-state index is 5.77. The summed E-state index contributed by atoms with van der Waals surface area (Å²) >= 11 is 1.66. The third-order valence-corrected chi connectivity index (χ3v) is 4.65. The monoisotopic (exact) mass is 263 g/mol. The van der Waals surface area contributed by atoms with Gasteiger partial charge in [0.2, 0.25) is 0 Å². The third kappa shape index (κ3) is 2.75. The minimum Gasteiger partial charge on any atom is -0.399 e. The molecule has 0 unspecified atom stereocenters. The largest absolute Gasteiger partial charge is 0.399 e. The Labute approximate surface area is 112 Å². The Balaban J connectivity index is 2.13. The molecule has 0 fully saturated rings. The summed E-state index contributed by atoms with van der Waals surface area (Å²) < 4.78 is 1.14. The third-order valence-electron chi connectivity index (χ3n) is 3.67. The van der Waals surface area contributed by atoms with Gasteiger partial charge in [0.1, 0.15) is 0 Å². The fraction of sp³-hybridized carbons (Fsp3) is 0.500. The van der Waals surface area contributed by atoms with E-state index >= 15 is 0 Å². The summed E-state index contributed by atoms with van der Waals surface area (Å²) in [5, 5.41) is 4.42. The normalized spacial score (nSPS) is 12.3. The van der Waals surface area contributed by atoms with Gasteiger partial charge in [-0.25, -0.2) is 4.98 Å². The molecular formula is C14H21N3S. The Bertz CT molecular complexity index is 543. The molecule has 2 rings (SSSR count). The highest BCUT2D eigenvalue weighted by atomic mass is 32.1. The lowest BCUT2D eigenvalue weighted by atomic mass is 9.81. The molecule has 0 saturated carbocycles. The highest BCUT2D eigenvalue weighted by Crippen LogP contribution is 2.30. The van der Waals surface area contributed by atoms with E-state index < -0.39 is 0 Å². The quantitative estimate of drug-likeness (QED) is 0.821. The van der Waals surface area contributed by atoms with Gasteiger partial charge in [0.15, 0.2) is 5.13 Å². The van der Waals surface area contributed by atoms with E-state index in [0.717, 1.165) is 27.6 Å². The minimum atomic E-state index is 0.261. The van der Waals surface area contributed by atoms with Crippen molar-refractivity contribution < 1.29 is 0 Å². The number of hydrogen-bond acceptors (Lipinski definition) is 4. The van der Waals surface area contributed by atoms with Gasteiger partial charge >= 0.3 is 0 Å². The number of anilines is 2. The van der Waals surface area contributed by atoms with E-state index in [0.29, 0.717) is 5.92 Å². The van der Waals surface area contributed by atoms with Crippen LogP contribution < -0.4 is 11.1 Å². The molecule has 0 saturated heterocycles. The van der Waals surface area contributed by atoms with Gasteiger partial charge in [-0.3, -0.25) is 0 Å². The van der Waals surface area contributed by atoms with Gasteiger partial charge < -0.3 is 11.1 Å². The van der Waals surface area contributed by atoms with E-state index in [-0.39, 0.29) is 5.41 Å². The van der Waals surface area contributed by atoms with Gasteiger partial charge in [-0.1, -0.05) is 39.0 Å². The van der Waals surface area contributed by atoms with Crippen LogP contribution in [0.4, 0.5) is 10.8 Å². The van der Waals surface area contributed by atoms with Crippen LogP contribution in [-0.4, -0.2) is 11.5 Å². The van der Waals surface area contributed by atoms with Crippen LogP contribution in [0.3, 0.4) is 0 Å². The fourth-order valence-electron chi connectivity index (χ4n) is 1.52. The van der Waals surface area contributed by atoms with Crippen LogP contribution in [0.25, 0.3) is 10.2 Å². The summed E-state index contributed by atoms with van der Waals surface area (Å²) in [6.07, 6.45) is 0. The predicted octanol–water partition coefficient (Wildman–Crippen LogP) is 3.97. The molecule has 0 atom stereocenters. The summed E-state index contributed by atoms with van der Waals surface area (Å²) in [6.45, 7) is 9.98. The first kappa shape index (κ1) is 13.1. The van der Waals surface area contributed by atoms with Gasteiger partial charge in [-0.15, -0.1) is 0 Å². The molecule has 4 heteroatoms. The molecule has 0 bridgehead atoms. The topological polar surface area (TPSA) is 50.9 Å². The summed E-state index contributed by atoms with van der Waals surface area (Å²) in [5.41, 5.74) is 7.84. The molecular weight excluding hydrogens is 242 g/mol. The molecule has 1 aromatic carbocycles. The molecule has 3 N–H and O–H groups in total. The number of rotatable bonds is 4. The van der Waals surface area contributed by atoms with E-state index in [1.807, 2.05) is 18.2 Å². The summed E-state index contributed by atoms with van der Waals surface area (Å²) in [7, 11) is 0. The highest BCUT2D eigenvalue weighted by Gasteiger charge is 2.22. The van der Waals surface area contributed by atoms with Crippen molar-refractivity contribution in [3.63, 3.8) is 0 Å². The number of benzene rings is 1. The lowest BCUT2D eigenvalue weighted by Crippen LogP contribution is -2.28. The molecule has 0 aliphatic carbocycles. The van der Waals surface area contributed by atoms with Crippen molar-refractivity contribution in [1.82, 2.24) is 4.98 Å². The van der Waals surface area contributed by atoms with E-state index in [4.69, 9.17) is 5.73 Å². The van der Waals surface area contributed by atoms with Crippen molar-refractivity contribution >= 4 is 32.4 Å². The van der Waals surface area contributed by atoms with Crippen molar-refractivity contribution in [1.29, 1.82) is 0 Å². The second-order valence-electron chi connectivity index (χ2n) is 5.74. The minimum absolute atomic E-state index is 0.261. The Morgan fingerprint density at radius 3 is 2.78 bits per heavy atom. The summed E-state index contributed by atoms with van der Waals surface area (Å²) in [5.74, 6) is 0.634. The van der Waals surface area contributed by atoms with Crippen LogP contribution in [-0.2, 0) is 0 Å². The predicted molar refractivity (Wildman–Crippen MR) is 81.1 cm³/mol. The van der Waals surface area contributed by atoms with Crippen molar-refractivity contribution in [2.45, 2.75) is 27.7 Å². The van der Waals surface area contributed by atoms with Gasteiger partial charge in [0.05, 0.1) is 10.2 Å². The Morgan fingerprint density at radius 1 is 1.39 bits per heavy atom. The first-order valence-electron chi connectivity index (χ1n) is 6.28. The Morgan fingerprint density at radius 2 is 2.11 bits per heavy atom. The molecule has 0 radical (unpaired) electrons. The second-order valence-corrected chi connectivity index (χ2v) is 6.77. The molecule has 0 aliphatic rings. The van der Waals surface area contributed by atoms with E-state index in [9.17, 15) is 0 Å². The van der Waals surface area contributed by atoms with Crippen LogP contribution in [0.5, 0.6) is 0 Å². The van der Waals surface area contributed by atoms with Crippen molar-refractivity contribution in [3.8, 4) is 0 Å². The van der Waals surface area contributed by atoms with Gasteiger partial charge in [-0.2, -0.15) is 0 Å². The number of nitrogens with two attached hydrogens (primary N) is 1. The molecule has 0 amide bonds. The van der Waals surface area contributed by atoms with Crippen LogP contribution in [0.15, 0.2) is 18.2 Å². The van der Waals surface area contributed by atoms with E-state index in [2.05, 4.69) is 38.0 Å². The van der Waals surface area contributed by atoms with Crippen LogP contribution >= 0.6 is 11.3 Å². The number of nitrogen functional groups attached to an aromatic ring is 1. The molecule has 18 heavy (non-hydrogen) atoms. The average Bonchev–Trinajstić information content (AvgIpc) is 2.68. The highest BCUT2D eigenvalue weighted by molar-refractivity contribution is 7.22. The molecule has 3 nitrogen and oxygen atoms in total. The second kappa shape index (κ2) is 4.76. The number of aromatic nitrogens is 1. The summed E-state index contributed by atoms with van der Waals surface area (Å²) in [4.78, 5) is 4.57. The SMILES string of the molecule is CC(C)C(C)(C)CNc1nc2ccc(N)cc2s1. The van der Waals surface area contributed by atoms with Gasteiger partial charge in [-0.05, 0) is 29.5 Å². The molecule has 0 aliphatic heterocycles. The smallest absolute Gasteiger partial charge is 0.183 e. The van der Waals surface area contributed by atoms with Gasteiger partial charge in [0.25, 0.3) is 0 Å². The molecule has 98 valence electrons. The number of thiazole rings is 1. The zero-order valence-electron chi connectivity index (χ0n) is 11.4. The number of nitrogens with one attached hydrogen (secondary N) is 1. The average molecular weight is 263 g/mol. The van der Waals surface area contributed by atoms with Crippen LogP contribution in [0.1, 0.15) is 27.7 Å². The maximum atomic E-state index is 5.77. The first-order valence-corrected chi connectivity index (χ1v) is 7.10. The maximum Gasteiger partial charge on any atom is 0.183 e.